The number of benzene rings is 1. The van der Waals surface area contributed by atoms with Crippen LogP contribution in [0.1, 0.15) is 25.8 Å². The van der Waals surface area contributed by atoms with Gasteiger partial charge in [0.25, 0.3) is 0 Å². The minimum absolute atomic E-state index is 0.0214. The lowest BCUT2D eigenvalue weighted by Gasteiger charge is -2.24. The molecule has 0 aromatic heterocycles. The van der Waals surface area contributed by atoms with E-state index in [9.17, 15) is 9.90 Å². The maximum Gasteiger partial charge on any atom is 0.220 e. The first kappa shape index (κ1) is 11.6. The van der Waals surface area contributed by atoms with E-state index in [1.54, 1.807) is 19.2 Å². The largest absolute Gasteiger partial charge is 0.508 e. The van der Waals surface area contributed by atoms with E-state index in [1.165, 1.54) is 0 Å². The first-order valence-corrected chi connectivity index (χ1v) is 4.96. The quantitative estimate of drug-likeness (QED) is 0.794. The van der Waals surface area contributed by atoms with Crippen LogP contribution in [-0.2, 0) is 10.2 Å². The monoisotopic (exact) mass is 207 g/mol. The van der Waals surface area contributed by atoms with Crippen LogP contribution in [0, 0.1) is 0 Å². The summed E-state index contributed by atoms with van der Waals surface area (Å²) in [6, 6.07) is 6.97. The Hall–Kier alpha value is -1.51. The number of amides is 1. The number of phenolic OH excluding ortho intramolecular Hbond substituents is 1. The lowest BCUT2D eigenvalue weighted by atomic mass is 9.81. The van der Waals surface area contributed by atoms with Crippen molar-refractivity contribution in [3.63, 3.8) is 0 Å². The summed E-state index contributed by atoms with van der Waals surface area (Å²) in [6.07, 6.45) is 0.439. The number of phenols is 1. The van der Waals surface area contributed by atoms with E-state index in [2.05, 4.69) is 5.32 Å². The lowest BCUT2D eigenvalue weighted by molar-refractivity contribution is -0.121. The number of carbonyl (C=O) groups is 1. The zero-order chi connectivity index (χ0) is 11.5. The van der Waals surface area contributed by atoms with Crippen molar-refractivity contribution < 1.29 is 9.90 Å². The number of nitrogens with one attached hydrogen (secondary N) is 1. The molecule has 3 heteroatoms. The molecule has 3 nitrogen and oxygen atoms in total. The van der Waals surface area contributed by atoms with Crippen molar-refractivity contribution in [3.8, 4) is 5.75 Å². The third-order valence-electron chi connectivity index (χ3n) is 2.53. The van der Waals surface area contributed by atoms with Crippen LogP contribution >= 0.6 is 0 Å². The van der Waals surface area contributed by atoms with E-state index in [4.69, 9.17) is 0 Å². The topological polar surface area (TPSA) is 49.3 Å². The molecule has 0 atom stereocenters. The maximum atomic E-state index is 11.3. The zero-order valence-corrected chi connectivity index (χ0v) is 9.37. The van der Waals surface area contributed by atoms with Crippen molar-refractivity contribution in [2.45, 2.75) is 25.7 Å². The van der Waals surface area contributed by atoms with Gasteiger partial charge in [0.15, 0.2) is 0 Å². The van der Waals surface area contributed by atoms with Gasteiger partial charge in [-0.05, 0) is 23.1 Å². The van der Waals surface area contributed by atoms with Gasteiger partial charge in [0.2, 0.25) is 5.91 Å². The van der Waals surface area contributed by atoms with Gasteiger partial charge in [0, 0.05) is 13.5 Å². The molecular formula is C12H17NO2. The number of hydrogen-bond acceptors (Lipinski definition) is 2. The Morgan fingerprint density at radius 3 is 2.33 bits per heavy atom. The second kappa shape index (κ2) is 4.34. The smallest absolute Gasteiger partial charge is 0.220 e. The molecule has 1 aromatic carbocycles. The molecule has 0 heterocycles. The Labute approximate surface area is 90.1 Å². The molecule has 82 valence electrons. The molecule has 0 saturated carbocycles. The second-order valence-electron chi connectivity index (χ2n) is 4.28. The Morgan fingerprint density at radius 2 is 1.87 bits per heavy atom. The van der Waals surface area contributed by atoms with Crippen LogP contribution < -0.4 is 5.32 Å². The minimum atomic E-state index is -0.214. The van der Waals surface area contributed by atoms with Crippen LogP contribution in [-0.4, -0.2) is 18.1 Å². The van der Waals surface area contributed by atoms with E-state index in [1.807, 2.05) is 26.0 Å². The highest BCUT2D eigenvalue weighted by Crippen LogP contribution is 2.27. The molecule has 2 N–H and O–H groups in total. The number of aromatic hydroxyl groups is 1. The van der Waals surface area contributed by atoms with Crippen molar-refractivity contribution >= 4 is 5.91 Å². The molecule has 1 amide bonds. The van der Waals surface area contributed by atoms with Crippen LogP contribution in [0.15, 0.2) is 24.3 Å². The van der Waals surface area contributed by atoms with E-state index >= 15 is 0 Å². The molecule has 0 aliphatic heterocycles. The van der Waals surface area contributed by atoms with Gasteiger partial charge in [-0.1, -0.05) is 26.0 Å². The Kier molecular flexibility index (Phi) is 3.35. The summed E-state index contributed by atoms with van der Waals surface area (Å²) in [5.41, 5.74) is 0.831. The molecule has 0 aliphatic rings. The second-order valence-corrected chi connectivity index (χ2v) is 4.28. The predicted molar refractivity (Wildman–Crippen MR) is 59.8 cm³/mol. The summed E-state index contributed by atoms with van der Waals surface area (Å²) < 4.78 is 0. The van der Waals surface area contributed by atoms with E-state index in [0.717, 1.165) is 5.56 Å². The molecule has 1 rings (SSSR count). The molecule has 0 spiro atoms. The van der Waals surface area contributed by atoms with Gasteiger partial charge in [0.1, 0.15) is 5.75 Å². The summed E-state index contributed by atoms with van der Waals surface area (Å²) in [5, 5.41) is 11.8. The van der Waals surface area contributed by atoms with Gasteiger partial charge in [-0.3, -0.25) is 4.79 Å². The van der Waals surface area contributed by atoms with Crippen molar-refractivity contribution in [2.75, 3.05) is 7.05 Å². The van der Waals surface area contributed by atoms with E-state index in [-0.39, 0.29) is 17.1 Å². The zero-order valence-electron chi connectivity index (χ0n) is 9.37. The van der Waals surface area contributed by atoms with Gasteiger partial charge in [-0.15, -0.1) is 0 Å². The van der Waals surface area contributed by atoms with Crippen LogP contribution in [0.4, 0.5) is 0 Å². The van der Waals surface area contributed by atoms with Crippen LogP contribution in [0.2, 0.25) is 0 Å². The molecule has 0 unspecified atom stereocenters. The van der Waals surface area contributed by atoms with Gasteiger partial charge in [-0.2, -0.15) is 0 Å². The average molecular weight is 207 g/mol. The fraction of sp³-hybridized carbons (Fsp3) is 0.417. The first-order chi connectivity index (χ1) is 6.95. The van der Waals surface area contributed by atoms with Gasteiger partial charge in [-0.25, -0.2) is 0 Å². The van der Waals surface area contributed by atoms with Crippen LogP contribution in [0.5, 0.6) is 5.75 Å². The number of carbonyl (C=O) groups excluding carboxylic acids is 1. The Balaban J connectivity index is 2.85. The van der Waals surface area contributed by atoms with Crippen molar-refractivity contribution in [3.05, 3.63) is 29.8 Å². The maximum absolute atomic E-state index is 11.3. The molecule has 15 heavy (non-hydrogen) atoms. The Morgan fingerprint density at radius 1 is 1.33 bits per heavy atom. The van der Waals surface area contributed by atoms with Crippen molar-refractivity contribution in [2.24, 2.45) is 0 Å². The average Bonchev–Trinajstić information content (AvgIpc) is 2.17. The molecule has 0 saturated heterocycles. The number of hydrogen-bond donors (Lipinski definition) is 2. The summed E-state index contributed by atoms with van der Waals surface area (Å²) in [4.78, 5) is 11.3. The highest BCUT2D eigenvalue weighted by Gasteiger charge is 2.23. The highest BCUT2D eigenvalue weighted by atomic mass is 16.3. The third kappa shape index (κ3) is 2.98. The normalized spacial score (nSPS) is 11.1. The summed E-state index contributed by atoms with van der Waals surface area (Å²) >= 11 is 0. The fourth-order valence-corrected chi connectivity index (χ4v) is 1.50. The first-order valence-electron chi connectivity index (χ1n) is 4.96. The molecule has 1 aromatic rings. The Bertz CT molecular complexity index is 341. The summed E-state index contributed by atoms with van der Waals surface area (Å²) in [5.74, 6) is 0.266. The van der Waals surface area contributed by atoms with Crippen molar-refractivity contribution in [1.82, 2.24) is 5.32 Å². The van der Waals surface area contributed by atoms with Gasteiger partial charge in [0.05, 0.1) is 0 Å². The molecule has 0 bridgehead atoms. The predicted octanol–water partition coefficient (Wildman–Crippen LogP) is 1.81. The molecular weight excluding hydrogens is 190 g/mol. The fourth-order valence-electron chi connectivity index (χ4n) is 1.50. The van der Waals surface area contributed by atoms with Crippen molar-refractivity contribution in [1.29, 1.82) is 0 Å². The summed E-state index contributed by atoms with van der Waals surface area (Å²) in [6.45, 7) is 4.02. The summed E-state index contributed by atoms with van der Waals surface area (Å²) in [7, 11) is 1.63. The van der Waals surface area contributed by atoms with Gasteiger partial charge >= 0.3 is 0 Å². The minimum Gasteiger partial charge on any atom is -0.508 e. The molecule has 0 fully saturated rings. The van der Waals surface area contributed by atoms with Crippen LogP contribution in [0.25, 0.3) is 0 Å². The standard InChI is InChI=1S/C12H17NO2/c1-12(2,8-11(15)13-3)9-4-6-10(14)7-5-9/h4-7,14H,8H2,1-3H3,(H,13,15). The SMILES string of the molecule is CNC(=O)CC(C)(C)c1ccc(O)cc1. The van der Waals surface area contributed by atoms with E-state index < -0.39 is 0 Å². The lowest BCUT2D eigenvalue weighted by Crippen LogP contribution is -2.28. The van der Waals surface area contributed by atoms with Gasteiger partial charge < -0.3 is 10.4 Å². The molecule has 0 aliphatic carbocycles. The third-order valence-corrected chi connectivity index (χ3v) is 2.53. The molecule has 0 radical (unpaired) electrons. The van der Waals surface area contributed by atoms with E-state index in [0.29, 0.717) is 6.42 Å². The number of rotatable bonds is 3. The highest BCUT2D eigenvalue weighted by molar-refractivity contribution is 5.77. The van der Waals surface area contributed by atoms with Crippen LogP contribution in [0.3, 0.4) is 0 Å².